The normalized spacial score (nSPS) is 28.8. The molecule has 3 atom stereocenters. The number of hydrogen-bond acceptors (Lipinski definition) is 4. The molecular formula is C13H22N4. The van der Waals surface area contributed by atoms with E-state index in [0.29, 0.717) is 17.9 Å². The Hall–Kier alpha value is -1.32. The lowest BCUT2D eigenvalue weighted by molar-refractivity contribution is 0.276. The number of anilines is 2. The van der Waals surface area contributed by atoms with Gasteiger partial charge in [-0.15, -0.1) is 0 Å². The molecular weight excluding hydrogens is 212 g/mol. The highest BCUT2D eigenvalue weighted by Gasteiger charge is 2.25. The first-order chi connectivity index (χ1) is 8.19. The Morgan fingerprint density at radius 1 is 1.29 bits per heavy atom. The summed E-state index contributed by atoms with van der Waals surface area (Å²) < 4.78 is 0. The van der Waals surface area contributed by atoms with Gasteiger partial charge in [-0.05, 0) is 37.2 Å². The third kappa shape index (κ3) is 3.08. The van der Waals surface area contributed by atoms with E-state index in [1.807, 2.05) is 13.1 Å². The van der Waals surface area contributed by atoms with Crippen molar-refractivity contribution in [3.05, 3.63) is 12.3 Å². The van der Waals surface area contributed by atoms with Crippen LogP contribution in [0.5, 0.6) is 0 Å². The minimum Gasteiger partial charge on any atom is -0.367 e. The molecule has 1 aromatic heterocycles. The van der Waals surface area contributed by atoms with Gasteiger partial charge >= 0.3 is 0 Å². The highest BCUT2D eigenvalue weighted by molar-refractivity contribution is 5.40. The molecule has 1 aliphatic rings. The Morgan fingerprint density at radius 3 is 2.82 bits per heavy atom. The third-order valence-electron chi connectivity index (χ3n) is 3.64. The maximum atomic E-state index is 4.41. The van der Waals surface area contributed by atoms with Crippen LogP contribution in [0.1, 0.15) is 33.1 Å². The molecule has 2 rings (SSSR count). The molecule has 1 fully saturated rings. The smallest absolute Gasteiger partial charge is 0.224 e. The average molecular weight is 234 g/mol. The fourth-order valence-electron chi connectivity index (χ4n) is 2.63. The molecule has 2 N–H and O–H groups in total. The van der Waals surface area contributed by atoms with Gasteiger partial charge in [-0.25, -0.2) is 4.98 Å². The van der Waals surface area contributed by atoms with E-state index in [1.165, 1.54) is 19.3 Å². The molecule has 3 unspecified atom stereocenters. The lowest BCUT2D eigenvalue weighted by atomic mass is 9.80. The topological polar surface area (TPSA) is 49.8 Å². The maximum absolute atomic E-state index is 4.41. The first kappa shape index (κ1) is 12.1. The Kier molecular flexibility index (Phi) is 3.82. The Bertz CT molecular complexity index is 366. The van der Waals surface area contributed by atoms with Gasteiger partial charge in [-0.1, -0.05) is 13.8 Å². The van der Waals surface area contributed by atoms with E-state index >= 15 is 0 Å². The molecule has 1 aliphatic carbocycles. The number of rotatable bonds is 3. The summed E-state index contributed by atoms with van der Waals surface area (Å²) in [5, 5.41) is 6.50. The zero-order valence-corrected chi connectivity index (χ0v) is 10.9. The van der Waals surface area contributed by atoms with Gasteiger partial charge in [0.05, 0.1) is 0 Å². The predicted molar refractivity (Wildman–Crippen MR) is 71.2 cm³/mol. The molecule has 17 heavy (non-hydrogen) atoms. The summed E-state index contributed by atoms with van der Waals surface area (Å²) in [6.07, 6.45) is 5.64. The van der Waals surface area contributed by atoms with Crippen molar-refractivity contribution < 1.29 is 0 Å². The zero-order valence-electron chi connectivity index (χ0n) is 10.9. The van der Waals surface area contributed by atoms with Crippen molar-refractivity contribution in [3.8, 4) is 0 Å². The monoisotopic (exact) mass is 234 g/mol. The van der Waals surface area contributed by atoms with Gasteiger partial charge in [-0.3, -0.25) is 0 Å². The second kappa shape index (κ2) is 5.34. The molecule has 1 saturated carbocycles. The minimum atomic E-state index is 0.547. The van der Waals surface area contributed by atoms with Gasteiger partial charge in [0.1, 0.15) is 5.82 Å². The van der Waals surface area contributed by atoms with Crippen LogP contribution in [0.2, 0.25) is 0 Å². The number of aromatic nitrogens is 2. The molecule has 4 heteroatoms. The summed E-state index contributed by atoms with van der Waals surface area (Å²) in [4.78, 5) is 8.53. The fourth-order valence-corrected chi connectivity index (χ4v) is 2.63. The van der Waals surface area contributed by atoms with Gasteiger partial charge in [0.15, 0.2) is 0 Å². The van der Waals surface area contributed by atoms with Crippen LogP contribution in [0.15, 0.2) is 12.3 Å². The Morgan fingerprint density at radius 2 is 2.12 bits per heavy atom. The summed E-state index contributed by atoms with van der Waals surface area (Å²) in [6.45, 7) is 4.67. The first-order valence-electron chi connectivity index (χ1n) is 6.46. The minimum absolute atomic E-state index is 0.547. The van der Waals surface area contributed by atoms with Crippen LogP contribution in [0, 0.1) is 11.8 Å². The van der Waals surface area contributed by atoms with Crippen molar-refractivity contribution in [2.24, 2.45) is 11.8 Å². The Labute approximate surface area is 103 Å². The van der Waals surface area contributed by atoms with Crippen molar-refractivity contribution in [2.45, 2.75) is 39.2 Å². The SMILES string of the molecule is CNc1nccc(NC2CCC(C)CC2C)n1. The lowest BCUT2D eigenvalue weighted by Gasteiger charge is -2.33. The molecule has 94 valence electrons. The number of hydrogen-bond donors (Lipinski definition) is 2. The van der Waals surface area contributed by atoms with E-state index in [1.54, 1.807) is 6.20 Å². The molecule has 4 nitrogen and oxygen atoms in total. The molecule has 0 aromatic carbocycles. The van der Waals surface area contributed by atoms with E-state index in [0.717, 1.165) is 11.7 Å². The second-order valence-corrected chi connectivity index (χ2v) is 5.16. The van der Waals surface area contributed by atoms with Gasteiger partial charge in [0, 0.05) is 19.3 Å². The van der Waals surface area contributed by atoms with Crippen LogP contribution >= 0.6 is 0 Å². The Balaban J connectivity index is 2.00. The molecule has 1 aromatic rings. The standard InChI is InChI=1S/C13H22N4/c1-9-4-5-11(10(2)8-9)16-12-6-7-15-13(14-3)17-12/h6-7,9-11H,4-5,8H2,1-3H3,(H2,14,15,16,17). The van der Waals surface area contributed by atoms with Crippen molar-refractivity contribution in [2.75, 3.05) is 17.7 Å². The largest absolute Gasteiger partial charge is 0.367 e. The van der Waals surface area contributed by atoms with E-state index < -0.39 is 0 Å². The van der Waals surface area contributed by atoms with Gasteiger partial charge in [0.2, 0.25) is 5.95 Å². The van der Waals surface area contributed by atoms with Crippen molar-refractivity contribution in [3.63, 3.8) is 0 Å². The molecule has 0 bridgehead atoms. The lowest BCUT2D eigenvalue weighted by Crippen LogP contribution is -2.33. The van der Waals surface area contributed by atoms with Crippen LogP contribution in [0.4, 0.5) is 11.8 Å². The summed E-state index contributed by atoms with van der Waals surface area (Å²) in [5.74, 6) is 3.18. The van der Waals surface area contributed by atoms with E-state index in [9.17, 15) is 0 Å². The third-order valence-corrected chi connectivity index (χ3v) is 3.64. The predicted octanol–water partition coefficient (Wildman–Crippen LogP) is 2.75. The first-order valence-corrected chi connectivity index (χ1v) is 6.46. The van der Waals surface area contributed by atoms with E-state index in [-0.39, 0.29) is 0 Å². The van der Waals surface area contributed by atoms with E-state index in [4.69, 9.17) is 0 Å². The highest BCUT2D eigenvalue weighted by Crippen LogP contribution is 2.30. The maximum Gasteiger partial charge on any atom is 0.224 e. The van der Waals surface area contributed by atoms with Crippen LogP contribution in [0.3, 0.4) is 0 Å². The van der Waals surface area contributed by atoms with Crippen molar-refractivity contribution in [1.82, 2.24) is 9.97 Å². The molecule has 0 radical (unpaired) electrons. The zero-order chi connectivity index (χ0) is 12.3. The molecule has 0 saturated heterocycles. The quantitative estimate of drug-likeness (QED) is 0.844. The van der Waals surface area contributed by atoms with Crippen LogP contribution < -0.4 is 10.6 Å². The summed E-state index contributed by atoms with van der Waals surface area (Å²) >= 11 is 0. The van der Waals surface area contributed by atoms with Gasteiger partial charge in [0.25, 0.3) is 0 Å². The number of nitrogens with zero attached hydrogens (tertiary/aromatic N) is 2. The molecule has 0 aliphatic heterocycles. The second-order valence-electron chi connectivity index (χ2n) is 5.16. The fraction of sp³-hybridized carbons (Fsp3) is 0.692. The van der Waals surface area contributed by atoms with Gasteiger partial charge < -0.3 is 10.6 Å². The summed E-state index contributed by atoms with van der Waals surface area (Å²) in [7, 11) is 1.84. The van der Waals surface area contributed by atoms with Crippen LogP contribution in [-0.4, -0.2) is 23.1 Å². The van der Waals surface area contributed by atoms with Crippen molar-refractivity contribution in [1.29, 1.82) is 0 Å². The van der Waals surface area contributed by atoms with Crippen LogP contribution in [0.25, 0.3) is 0 Å². The molecule has 1 heterocycles. The highest BCUT2D eigenvalue weighted by atomic mass is 15.1. The number of nitrogens with one attached hydrogen (secondary N) is 2. The van der Waals surface area contributed by atoms with Crippen molar-refractivity contribution >= 4 is 11.8 Å². The summed E-state index contributed by atoms with van der Waals surface area (Å²) in [6, 6.07) is 2.48. The molecule has 0 spiro atoms. The van der Waals surface area contributed by atoms with Crippen LogP contribution in [-0.2, 0) is 0 Å². The van der Waals surface area contributed by atoms with E-state index in [2.05, 4.69) is 34.4 Å². The van der Waals surface area contributed by atoms with Gasteiger partial charge in [-0.2, -0.15) is 4.98 Å². The molecule has 0 amide bonds. The summed E-state index contributed by atoms with van der Waals surface area (Å²) in [5.41, 5.74) is 0. The average Bonchev–Trinajstić information content (AvgIpc) is 2.33.